The summed E-state index contributed by atoms with van der Waals surface area (Å²) in [5, 5.41) is 0. The minimum Gasteiger partial charge on any atom is -0.207 e. The molecule has 0 aromatic heterocycles. The van der Waals surface area contributed by atoms with Crippen LogP contribution in [0.2, 0.25) is 0 Å². The van der Waals surface area contributed by atoms with Gasteiger partial charge in [0.1, 0.15) is 5.82 Å². The van der Waals surface area contributed by atoms with Gasteiger partial charge in [-0.05, 0) is 24.0 Å². The molecular weight excluding hydrogens is 151 g/mol. The van der Waals surface area contributed by atoms with Gasteiger partial charge in [-0.25, -0.2) is 4.39 Å². The van der Waals surface area contributed by atoms with Crippen molar-refractivity contribution in [2.75, 3.05) is 0 Å². The lowest BCUT2D eigenvalue weighted by atomic mass is 9.82. The maximum absolute atomic E-state index is 13.2. The normalized spacial score (nSPS) is 11.7. The largest absolute Gasteiger partial charge is 0.207 e. The summed E-state index contributed by atoms with van der Waals surface area (Å²) in [7, 11) is 0. The van der Waals surface area contributed by atoms with Crippen molar-refractivity contribution >= 4 is 0 Å². The summed E-state index contributed by atoms with van der Waals surface area (Å²) in [5.74, 6) is -0.149. The Labute approximate surface area is 73.4 Å². The van der Waals surface area contributed by atoms with E-state index < -0.39 is 0 Å². The second kappa shape index (κ2) is 3.26. The fourth-order valence-corrected chi connectivity index (χ4v) is 1.11. The minimum atomic E-state index is -0.149. The van der Waals surface area contributed by atoms with Crippen LogP contribution in [0.1, 0.15) is 32.8 Å². The number of benzene rings is 1. The van der Waals surface area contributed by atoms with E-state index >= 15 is 0 Å². The number of hydrogen-bond acceptors (Lipinski definition) is 0. The molecule has 1 aromatic rings. The third-order valence-electron chi connectivity index (χ3n) is 2.37. The van der Waals surface area contributed by atoms with E-state index in [1.54, 1.807) is 12.1 Å². The maximum Gasteiger partial charge on any atom is 0.127 e. The van der Waals surface area contributed by atoms with Crippen molar-refractivity contribution in [3.63, 3.8) is 0 Å². The fraction of sp³-hybridized carbons (Fsp3) is 0.455. The van der Waals surface area contributed by atoms with Gasteiger partial charge in [-0.1, -0.05) is 32.9 Å². The smallest absolute Gasteiger partial charge is 0.127 e. The Balaban J connectivity index is 3.10. The molecule has 0 heterocycles. The molecule has 12 heavy (non-hydrogen) atoms. The molecule has 0 unspecified atom stereocenters. The van der Waals surface area contributed by atoms with Crippen molar-refractivity contribution in [1.82, 2.24) is 0 Å². The van der Waals surface area contributed by atoms with Gasteiger partial charge in [0.25, 0.3) is 0 Å². The van der Waals surface area contributed by atoms with Gasteiger partial charge in [0.2, 0.25) is 0 Å². The molecule has 0 N–H and O–H groups in total. The Hall–Kier alpha value is -0.850. The van der Waals surface area contributed by atoms with E-state index in [0.29, 0.717) is 5.56 Å². The summed E-state index contributed by atoms with van der Waals surface area (Å²) in [4.78, 5) is 0. The van der Waals surface area contributed by atoms with Gasteiger partial charge in [-0.3, -0.25) is 0 Å². The van der Waals surface area contributed by atoms with Crippen LogP contribution < -0.4 is 0 Å². The van der Waals surface area contributed by atoms with Crippen LogP contribution in [0.15, 0.2) is 18.2 Å². The van der Waals surface area contributed by atoms with Crippen molar-refractivity contribution in [2.45, 2.75) is 32.6 Å². The van der Waals surface area contributed by atoms with Crippen molar-refractivity contribution in [3.8, 4) is 0 Å². The van der Waals surface area contributed by atoms with Crippen LogP contribution in [-0.4, -0.2) is 0 Å². The molecule has 0 saturated carbocycles. The third kappa shape index (κ3) is 1.66. The second-order valence-electron chi connectivity index (χ2n) is 3.63. The van der Waals surface area contributed by atoms with Crippen LogP contribution in [0, 0.1) is 11.9 Å². The highest BCUT2D eigenvalue weighted by Gasteiger charge is 2.21. The molecule has 65 valence electrons. The molecule has 0 aliphatic rings. The number of rotatable bonds is 2. The van der Waals surface area contributed by atoms with E-state index in [0.717, 1.165) is 6.42 Å². The molecule has 0 bridgehead atoms. The highest BCUT2D eigenvalue weighted by atomic mass is 19.1. The molecule has 1 heteroatoms. The Kier molecular flexibility index (Phi) is 2.51. The van der Waals surface area contributed by atoms with E-state index in [-0.39, 0.29) is 11.2 Å². The Morgan fingerprint density at radius 3 is 2.67 bits per heavy atom. The van der Waals surface area contributed by atoms with Crippen LogP contribution in [0.5, 0.6) is 0 Å². The summed E-state index contributed by atoms with van der Waals surface area (Å²) in [6.07, 6.45) is 0.921. The Morgan fingerprint density at radius 2 is 2.17 bits per heavy atom. The fourth-order valence-electron chi connectivity index (χ4n) is 1.11. The maximum atomic E-state index is 13.2. The van der Waals surface area contributed by atoms with Crippen LogP contribution >= 0.6 is 0 Å². The molecule has 0 amide bonds. The molecule has 1 radical (unpaired) electrons. The van der Waals surface area contributed by atoms with Crippen LogP contribution in [0.4, 0.5) is 4.39 Å². The quantitative estimate of drug-likeness (QED) is 0.630. The summed E-state index contributed by atoms with van der Waals surface area (Å²) in [6.45, 7) is 6.12. The average molecular weight is 165 g/mol. The van der Waals surface area contributed by atoms with Gasteiger partial charge >= 0.3 is 0 Å². The molecular formula is C11H14F. The van der Waals surface area contributed by atoms with E-state index in [1.807, 2.05) is 13.8 Å². The zero-order chi connectivity index (χ0) is 9.19. The summed E-state index contributed by atoms with van der Waals surface area (Å²) in [5.41, 5.74) is 0.582. The Morgan fingerprint density at radius 1 is 1.50 bits per heavy atom. The van der Waals surface area contributed by atoms with E-state index in [1.165, 1.54) is 6.07 Å². The zero-order valence-electron chi connectivity index (χ0n) is 7.82. The van der Waals surface area contributed by atoms with Crippen LogP contribution in [0.3, 0.4) is 0 Å². The van der Waals surface area contributed by atoms with Crippen molar-refractivity contribution in [3.05, 3.63) is 35.6 Å². The molecule has 0 atom stereocenters. The first-order valence-corrected chi connectivity index (χ1v) is 4.24. The van der Waals surface area contributed by atoms with Crippen LogP contribution in [-0.2, 0) is 5.41 Å². The van der Waals surface area contributed by atoms with Crippen molar-refractivity contribution in [2.24, 2.45) is 0 Å². The van der Waals surface area contributed by atoms with Gasteiger partial charge in [0.15, 0.2) is 0 Å². The SMILES string of the molecule is CCC(C)(C)c1[c]cccc1F. The van der Waals surface area contributed by atoms with Gasteiger partial charge in [0, 0.05) is 5.56 Å². The summed E-state index contributed by atoms with van der Waals surface area (Å²) >= 11 is 0. The first-order valence-electron chi connectivity index (χ1n) is 4.24. The molecule has 0 nitrogen and oxygen atoms in total. The Bertz CT molecular complexity index is 263. The van der Waals surface area contributed by atoms with Gasteiger partial charge in [-0.2, -0.15) is 0 Å². The lowest BCUT2D eigenvalue weighted by Crippen LogP contribution is -2.17. The molecule has 0 aliphatic carbocycles. The number of halogens is 1. The van der Waals surface area contributed by atoms with Gasteiger partial charge in [0.05, 0.1) is 0 Å². The molecule has 1 rings (SSSR count). The average Bonchev–Trinajstić information content (AvgIpc) is 2.05. The second-order valence-corrected chi connectivity index (χ2v) is 3.63. The van der Waals surface area contributed by atoms with Crippen molar-refractivity contribution < 1.29 is 4.39 Å². The van der Waals surface area contributed by atoms with E-state index in [9.17, 15) is 4.39 Å². The number of hydrogen-bond donors (Lipinski definition) is 0. The lowest BCUT2D eigenvalue weighted by molar-refractivity contribution is 0.468. The topological polar surface area (TPSA) is 0 Å². The molecule has 1 aromatic carbocycles. The standard InChI is InChI=1S/C11H14F/c1-4-11(2,3)9-7-5-6-8-10(9)12/h5-6,8H,4H2,1-3H3. The zero-order valence-corrected chi connectivity index (χ0v) is 7.82. The minimum absolute atomic E-state index is 0.106. The first kappa shape index (κ1) is 9.24. The predicted octanol–water partition coefficient (Wildman–Crippen LogP) is 3.31. The van der Waals surface area contributed by atoms with E-state index in [2.05, 4.69) is 13.0 Å². The predicted molar refractivity (Wildman–Crippen MR) is 48.6 cm³/mol. The first-order chi connectivity index (χ1) is 5.58. The van der Waals surface area contributed by atoms with Crippen molar-refractivity contribution in [1.29, 1.82) is 0 Å². The van der Waals surface area contributed by atoms with Crippen LogP contribution in [0.25, 0.3) is 0 Å². The van der Waals surface area contributed by atoms with Gasteiger partial charge in [-0.15, -0.1) is 0 Å². The lowest BCUT2D eigenvalue weighted by Gasteiger charge is -2.23. The molecule has 0 spiro atoms. The summed E-state index contributed by atoms with van der Waals surface area (Å²) < 4.78 is 13.2. The molecule has 0 fully saturated rings. The summed E-state index contributed by atoms with van der Waals surface area (Å²) in [6, 6.07) is 7.87. The monoisotopic (exact) mass is 165 g/mol. The molecule has 0 aliphatic heterocycles. The van der Waals surface area contributed by atoms with E-state index in [4.69, 9.17) is 0 Å². The highest BCUT2D eigenvalue weighted by molar-refractivity contribution is 5.23. The molecule has 0 saturated heterocycles. The highest BCUT2D eigenvalue weighted by Crippen LogP contribution is 2.27. The third-order valence-corrected chi connectivity index (χ3v) is 2.37. The van der Waals surface area contributed by atoms with Gasteiger partial charge < -0.3 is 0 Å².